The number of nitrogens with zero attached hydrogens (tertiary/aromatic N) is 3. The van der Waals surface area contributed by atoms with E-state index >= 15 is 0 Å². The molecule has 12 heteroatoms. The van der Waals surface area contributed by atoms with Gasteiger partial charge >= 0.3 is 5.97 Å². The minimum absolute atomic E-state index is 0. The van der Waals surface area contributed by atoms with Crippen molar-refractivity contribution in [1.82, 2.24) is 4.90 Å². The molecule has 3 atom stereocenters. The van der Waals surface area contributed by atoms with Crippen LogP contribution in [0.2, 0.25) is 0 Å². The number of non-ortho nitro benzene ring substituents is 1. The lowest BCUT2D eigenvalue weighted by Gasteiger charge is -2.44. The lowest BCUT2D eigenvalue weighted by molar-refractivity contribution is -0.384. The number of nitro groups is 1. The standard InChI is InChI=1S/C19H22N4O6S.ClH/c1-11(24)16-14-8-15(30-7-6-21-10-20)17(22(14)18(16)25)19(26)29-9-12-2-4-13(5-3-12)23(27)28;/h2-5,10-11,14,16,24H,6-9H2,1H3,(H2,20,21);1H/t11-,14-,16-;/m1./s1. The summed E-state index contributed by atoms with van der Waals surface area (Å²) in [5, 5.41) is 20.6. The number of esters is 1. The van der Waals surface area contributed by atoms with Gasteiger partial charge in [0.1, 0.15) is 12.3 Å². The van der Waals surface area contributed by atoms with E-state index in [1.54, 1.807) is 6.92 Å². The van der Waals surface area contributed by atoms with Crippen LogP contribution >= 0.6 is 24.2 Å². The van der Waals surface area contributed by atoms with Crippen molar-refractivity contribution >= 4 is 48.1 Å². The average molecular weight is 471 g/mol. The number of nitro benzene ring substituents is 1. The summed E-state index contributed by atoms with van der Waals surface area (Å²) in [7, 11) is 0. The molecule has 10 nitrogen and oxygen atoms in total. The molecule has 0 aromatic heterocycles. The van der Waals surface area contributed by atoms with Gasteiger partial charge in [-0.1, -0.05) is 0 Å². The van der Waals surface area contributed by atoms with Crippen molar-refractivity contribution in [2.45, 2.75) is 32.1 Å². The summed E-state index contributed by atoms with van der Waals surface area (Å²) < 4.78 is 5.38. The average Bonchev–Trinajstić information content (AvgIpc) is 3.03. The highest BCUT2D eigenvalue weighted by atomic mass is 35.5. The third-order valence-corrected chi connectivity index (χ3v) is 6.10. The van der Waals surface area contributed by atoms with E-state index in [4.69, 9.17) is 10.5 Å². The molecule has 0 unspecified atom stereocenters. The Balaban J connectivity index is 0.00000341. The van der Waals surface area contributed by atoms with E-state index in [9.17, 15) is 24.8 Å². The summed E-state index contributed by atoms with van der Waals surface area (Å²) in [4.78, 5) is 41.6. The molecule has 31 heavy (non-hydrogen) atoms. The van der Waals surface area contributed by atoms with Crippen molar-refractivity contribution in [3.63, 3.8) is 0 Å². The van der Waals surface area contributed by atoms with Gasteiger partial charge in [-0.05, 0) is 24.6 Å². The third kappa shape index (κ3) is 5.17. The second-order valence-electron chi connectivity index (χ2n) is 6.92. The van der Waals surface area contributed by atoms with E-state index in [0.717, 1.165) is 4.91 Å². The predicted octanol–water partition coefficient (Wildman–Crippen LogP) is 1.60. The molecule has 2 heterocycles. The molecule has 0 bridgehead atoms. The number of hydrogen-bond acceptors (Lipinski definition) is 8. The molecule has 0 aliphatic carbocycles. The quantitative estimate of drug-likeness (QED) is 0.105. The number of ether oxygens (including phenoxy) is 1. The van der Waals surface area contributed by atoms with Gasteiger partial charge in [-0.2, -0.15) is 0 Å². The Bertz CT molecular complexity index is 905. The molecule has 3 rings (SSSR count). The number of carbonyl (C=O) groups is 2. The van der Waals surface area contributed by atoms with Crippen LogP contribution in [-0.4, -0.2) is 57.6 Å². The number of halogens is 1. The van der Waals surface area contributed by atoms with Gasteiger partial charge in [-0.15, -0.1) is 24.2 Å². The van der Waals surface area contributed by atoms with Crippen molar-refractivity contribution in [3.8, 4) is 0 Å². The maximum Gasteiger partial charge on any atom is 0.356 e. The highest BCUT2D eigenvalue weighted by Gasteiger charge is 2.56. The Morgan fingerprint density at radius 1 is 1.48 bits per heavy atom. The lowest BCUT2D eigenvalue weighted by Crippen LogP contribution is -2.61. The first kappa shape index (κ1) is 24.6. The van der Waals surface area contributed by atoms with Crippen LogP contribution in [0.15, 0.2) is 39.9 Å². The number of thioether (sulfide) groups is 1. The van der Waals surface area contributed by atoms with Crippen LogP contribution < -0.4 is 5.73 Å². The van der Waals surface area contributed by atoms with Crippen LogP contribution in [0.25, 0.3) is 0 Å². The number of carbonyl (C=O) groups excluding carboxylic acids is 2. The zero-order valence-corrected chi connectivity index (χ0v) is 18.3. The molecule has 168 valence electrons. The van der Waals surface area contributed by atoms with Crippen molar-refractivity contribution in [1.29, 1.82) is 0 Å². The van der Waals surface area contributed by atoms with Gasteiger partial charge in [0.05, 0.1) is 35.9 Å². The molecule has 2 aliphatic rings. The van der Waals surface area contributed by atoms with Crippen LogP contribution in [0.1, 0.15) is 18.9 Å². The molecule has 1 aromatic rings. The molecule has 0 saturated carbocycles. The first-order valence-corrected chi connectivity index (χ1v) is 10.3. The fraction of sp³-hybridized carbons (Fsp3) is 0.421. The number of aliphatic hydroxyl groups is 1. The fourth-order valence-corrected chi connectivity index (χ4v) is 4.63. The van der Waals surface area contributed by atoms with Gasteiger partial charge in [0.2, 0.25) is 5.91 Å². The van der Waals surface area contributed by atoms with E-state index in [2.05, 4.69) is 4.99 Å². The smallest absolute Gasteiger partial charge is 0.356 e. The second kappa shape index (κ2) is 10.6. The van der Waals surface area contributed by atoms with Gasteiger partial charge in [0, 0.05) is 29.2 Å². The van der Waals surface area contributed by atoms with Crippen LogP contribution in [0.3, 0.4) is 0 Å². The monoisotopic (exact) mass is 470 g/mol. The van der Waals surface area contributed by atoms with Gasteiger partial charge in [0.15, 0.2) is 0 Å². The highest BCUT2D eigenvalue weighted by Crippen LogP contribution is 2.47. The van der Waals surface area contributed by atoms with Gasteiger partial charge in [-0.3, -0.25) is 19.9 Å². The molecule has 1 saturated heterocycles. The van der Waals surface area contributed by atoms with Crippen LogP contribution in [-0.2, 0) is 20.9 Å². The number of amides is 1. The third-order valence-electron chi connectivity index (χ3n) is 5.00. The molecular weight excluding hydrogens is 448 g/mol. The molecule has 1 fully saturated rings. The van der Waals surface area contributed by atoms with Crippen molar-refractivity contribution < 1.29 is 24.4 Å². The summed E-state index contributed by atoms with van der Waals surface area (Å²) in [5.74, 6) is -0.899. The zero-order valence-electron chi connectivity index (χ0n) is 16.7. The van der Waals surface area contributed by atoms with Crippen molar-refractivity contribution in [2.75, 3.05) is 12.3 Å². The van der Waals surface area contributed by atoms with Crippen molar-refractivity contribution in [2.24, 2.45) is 16.6 Å². The first-order chi connectivity index (χ1) is 14.3. The maximum absolute atomic E-state index is 12.8. The molecule has 1 aromatic carbocycles. The summed E-state index contributed by atoms with van der Waals surface area (Å²) in [5.41, 5.74) is 5.97. The van der Waals surface area contributed by atoms with E-state index in [1.807, 2.05) is 0 Å². The summed E-state index contributed by atoms with van der Waals surface area (Å²) in [6.45, 7) is 1.95. The summed E-state index contributed by atoms with van der Waals surface area (Å²) in [6.07, 6.45) is 0.881. The lowest BCUT2D eigenvalue weighted by atomic mass is 9.83. The fourth-order valence-electron chi connectivity index (χ4n) is 3.58. The molecule has 3 N–H and O–H groups in total. The number of hydrogen-bond donors (Lipinski definition) is 2. The zero-order chi connectivity index (χ0) is 21.8. The van der Waals surface area contributed by atoms with E-state index in [-0.39, 0.29) is 42.3 Å². The Kier molecular flexibility index (Phi) is 8.43. The van der Waals surface area contributed by atoms with Gasteiger partial charge in [-0.25, -0.2) is 4.79 Å². The largest absolute Gasteiger partial charge is 0.456 e. The number of aliphatic hydroxyl groups excluding tert-OH is 1. The van der Waals surface area contributed by atoms with Crippen LogP contribution in [0.4, 0.5) is 5.69 Å². The first-order valence-electron chi connectivity index (χ1n) is 9.32. The maximum atomic E-state index is 12.8. The number of aliphatic imine (C=N–C) groups is 1. The Morgan fingerprint density at radius 2 is 2.16 bits per heavy atom. The van der Waals surface area contributed by atoms with Crippen LogP contribution in [0, 0.1) is 16.0 Å². The molecule has 0 spiro atoms. The molecular formula is C19H23ClN4O6S. The van der Waals surface area contributed by atoms with Gasteiger partial charge < -0.3 is 20.5 Å². The summed E-state index contributed by atoms with van der Waals surface area (Å²) >= 11 is 1.41. The Labute approximate surface area is 189 Å². The number of β-lactam (4-membered cyclic amide) rings is 1. The highest BCUT2D eigenvalue weighted by molar-refractivity contribution is 8.03. The minimum atomic E-state index is -0.803. The number of benzene rings is 1. The Hall–Kier alpha value is -2.63. The number of nitrogens with two attached hydrogens (primary N) is 1. The normalized spacial score (nSPS) is 20.8. The van der Waals surface area contributed by atoms with Crippen LogP contribution in [0.5, 0.6) is 0 Å². The SMILES string of the molecule is C[C@@H](O)[C@H]1C(=O)N2C(C(=O)OCc3ccc([N+](=O)[O-])cc3)=C(SCCN=CN)C[C@H]12.Cl. The van der Waals surface area contributed by atoms with Gasteiger partial charge in [0.25, 0.3) is 5.69 Å². The second-order valence-corrected chi connectivity index (χ2v) is 8.11. The van der Waals surface area contributed by atoms with E-state index in [0.29, 0.717) is 24.3 Å². The minimum Gasteiger partial charge on any atom is -0.456 e. The molecule has 2 aliphatic heterocycles. The topological polar surface area (TPSA) is 148 Å². The molecule has 0 radical (unpaired) electrons. The predicted molar refractivity (Wildman–Crippen MR) is 118 cm³/mol. The number of rotatable bonds is 9. The van der Waals surface area contributed by atoms with Crippen molar-refractivity contribution in [3.05, 3.63) is 50.5 Å². The molecule has 1 amide bonds. The summed E-state index contributed by atoms with van der Waals surface area (Å²) in [6, 6.07) is 5.42. The number of fused-ring (bicyclic) bond motifs is 1. The van der Waals surface area contributed by atoms with E-state index in [1.165, 1.54) is 47.3 Å². The Morgan fingerprint density at radius 3 is 2.74 bits per heavy atom. The van der Waals surface area contributed by atoms with E-state index < -0.39 is 22.9 Å².